The monoisotopic (exact) mass is 248 g/mol. The number of benzene rings is 1. The molecule has 0 radical (unpaired) electrons. The van der Waals surface area contributed by atoms with Crippen LogP contribution < -0.4 is 4.74 Å². The number of pyridine rings is 1. The molecule has 0 aliphatic rings. The smallest absolute Gasteiger partial charge is 0.311 e. The van der Waals surface area contributed by atoms with Gasteiger partial charge in [0.05, 0.1) is 4.92 Å². The molecule has 0 amide bonds. The third-order valence-corrected chi connectivity index (χ3v) is 2.31. The van der Waals surface area contributed by atoms with Gasteiger partial charge in [0.2, 0.25) is 11.7 Å². The van der Waals surface area contributed by atoms with E-state index in [4.69, 9.17) is 4.74 Å². The topological polar surface area (TPSA) is 65.3 Å². The van der Waals surface area contributed by atoms with E-state index in [1.54, 1.807) is 19.1 Å². The Morgan fingerprint density at radius 2 is 2.17 bits per heavy atom. The number of nitro benzene ring substituents is 1. The van der Waals surface area contributed by atoms with Crippen molar-refractivity contribution in [2.45, 2.75) is 6.92 Å². The molecule has 5 nitrogen and oxygen atoms in total. The van der Waals surface area contributed by atoms with Crippen molar-refractivity contribution >= 4 is 5.69 Å². The molecule has 0 N–H and O–H groups in total. The van der Waals surface area contributed by atoms with Crippen molar-refractivity contribution in [3.05, 3.63) is 58.2 Å². The number of nitro groups is 1. The molecule has 1 aromatic heterocycles. The van der Waals surface area contributed by atoms with Crippen LogP contribution in [0.1, 0.15) is 5.56 Å². The lowest BCUT2D eigenvalue weighted by Gasteiger charge is -2.08. The predicted octanol–water partition coefficient (Wildman–Crippen LogP) is 3.23. The highest BCUT2D eigenvalue weighted by atomic mass is 19.1. The van der Waals surface area contributed by atoms with E-state index in [-0.39, 0.29) is 17.2 Å². The van der Waals surface area contributed by atoms with Crippen LogP contribution in [0.4, 0.5) is 10.1 Å². The Morgan fingerprint density at radius 1 is 1.39 bits per heavy atom. The first-order valence-corrected chi connectivity index (χ1v) is 5.11. The summed E-state index contributed by atoms with van der Waals surface area (Å²) in [5, 5.41) is 10.9. The molecule has 0 unspecified atom stereocenters. The average molecular weight is 248 g/mol. The van der Waals surface area contributed by atoms with E-state index >= 15 is 0 Å². The van der Waals surface area contributed by atoms with E-state index in [0.717, 1.165) is 6.07 Å². The Labute approximate surface area is 102 Å². The molecule has 1 heterocycles. The molecule has 2 rings (SSSR count). The van der Waals surface area contributed by atoms with Crippen LogP contribution >= 0.6 is 0 Å². The maximum atomic E-state index is 12.9. The van der Waals surface area contributed by atoms with Crippen LogP contribution in [0.15, 0.2) is 36.5 Å². The van der Waals surface area contributed by atoms with E-state index in [1.165, 1.54) is 18.3 Å². The predicted molar refractivity (Wildman–Crippen MR) is 62.1 cm³/mol. The van der Waals surface area contributed by atoms with Gasteiger partial charge in [0.25, 0.3) is 0 Å². The molecule has 6 heteroatoms. The lowest BCUT2D eigenvalue weighted by atomic mass is 10.2. The normalized spacial score (nSPS) is 10.1. The second kappa shape index (κ2) is 4.79. The zero-order chi connectivity index (χ0) is 13.1. The number of aryl methyl sites for hydroxylation is 1. The molecule has 0 aliphatic carbocycles. The number of ether oxygens (including phenoxy) is 1. The van der Waals surface area contributed by atoms with Gasteiger partial charge in [-0.25, -0.2) is 4.98 Å². The van der Waals surface area contributed by atoms with Crippen molar-refractivity contribution in [1.82, 2.24) is 4.98 Å². The summed E-state index contributed by atoms with van der Waals surface area (Å²) < 4.78 is 18.3. The first-order chi connectivity index (χ1) is 8.58. The number of hydrogen-bond donors (Lipinski definition) is 0. The van der Waals surface area contributed by atoms with Crippen LogP contribution in [0.25, 0.3) is 0 Å². The van der Waals surface area contributed by atoms with E-state index in [2.05, 4.69) is 4.98 Å². The zero-order valence-corrected chi connectivity index (χ0v) is 9.46. The number of rotatable bonds is 3. The molecule has 92 valence electrons. The Hall–Kier alpha value is -2.50. The van der Waals surface area contributed by atoms with Crippen LogP contribution in [0, 0.1) is 23.0 Å². The van der Waals surface area contributed by atoms with E-state index in [1.807, 2.05) is 0 Å². The Morgan fingerprint density at radius 3 is 2.83 bits per heavy atom. The molecule has 1 aromatic carbocycles. The van der Waals surface area contributed by atoms with Gasteiger partial charge in [0.15, 0.2) is 0 Å². The third-order valence-electron chi connectivity index (χ3n) is 2.31. The molecule has 2 aromatic rings. The van der Waals surface area contributed by atoms with Crippen LogP contribution in [0.3, 0.4) is 0 Å². The highest BCUT2D eigenvalue weighted by molar-refractivity contribution is 5.52. The highest BCUT2D eigenvalue weighted by Crippen LogP contribution is 2.34. The number of halogens is 1. The van der Waals surface area contributed by atoms with Crippen molar-refractivity contribution in [1.29, 1.82) is 0 Å². The lowest BCUT2D eigenvalue weighted by Crippen LogP contribution is -1.96. The largest absolute Gasteiger partial charge is 0.450 e. The van der Waals surface area contributed by atoms with E-state index in [0.29, 0.717) is 5.56 Å². The van der Waals surface area contributed by atoms with Crippen LogP contribution in [-0.2, 0) is 0 Å². The summed E-state index contributed by atoms with van der Waals surface area (Å²) in [6.07, 6.45) is 1.23. The summed E-state index contributed by atoms with van der Waals surface area (Å²) in [5.74, 6) is -0.434. The minimum absolute atomic E-state index is 0.105. The van der Waals surface area contributed by atoms with Gasteiger partial charge >= 0.3 is 5.69 Å². The van der Waals surface area contributed by atoms with Gasteiger partial charge in [-0.15, -0.1) is 0 Å². The Balaban J connectivity index is 2.42. The standard InChI is InChI=1S/C12H9FN2O3/c1-8-3-2-4-10(15(16)17)12(8)18-9-5-6-14-11(13)7-9/h2-7H,1H3. The van der Waals surface area contributed by atoms with Gasteiger partial charge in [-0.2, -0.15) is 4.39 Å². The fraction of sp³-hybridized carbons (Fsp3) is 0.0833. The number of hydrogen-bond acceptors (Lipinski definition) is 4. The van der Waals surface area contributed by atoms with Gasteiger partial charge in [-0.3, -0.25) is 10.1 Å². The fourth-order valence-corrected chi connectivity index (χ4v) is 1.48. The van der Waals surface area contributed by atoms with Crippen molar-refractivity contribution in [2.75, 3.05) is 0 Å². The second-order valence-electron chi connectivity index (χ2n) is 3.60. The fourth-order valence-electron chi connectivity index (χ4n) is 1.48. The number of nitrogens with zero attached hydrogens (tertiary/aromatic N) is 2. The summed E-state index contributed by atoms with van der Waals surface area (Å²) in [6, 6.07) is 7.07. The van der Waals surface area contributed by atoms with Gasteiger partial charge in [-0.1, -0.05) is 12.1 Å². The molecule has 0 saturated heterocycles. The Kier molecular flexibility index (Phi) is 3.18. The first kappa shape index (κ1) is 12.0. The molecular weight excluding hydrogens is 239 g/mol. The van der Waals surface area contributed by atoms with Crippen molar-refractivity contribution in [2.24, 2.45) is 0 Å². The highest BCUT2D eigenvalue weighted by Gasteiger charge is 2.17. The SMILES string of the molecule is Cc1cccc([N+](=O)[O-])c1Oc1ccnc(F)c1. The second-order valence-corrected chi connectivity index (χ2v) is 3.60. The van der Waals surface area contributed by atoms with E-state index < -0.39 is 10.9 Å². The zero-order valence-electron chi connectivity index (χ0n) is 9.46. The summed E-state index contributed by atoms with van der Waals surface area (Å²) in [4.78, 5) is 13.7. The summed E-state index contributed by atoms with van der Waals surface area (Å²) in [6.45, 7) is 1.68. The molecule has 0 aliphatic heterocycles. The van der Waals surface area contributed by atoms with Gasteiger partial charge in [-0.05, 0) is 18.6 Å². The lowest BCUT2D eigenvalue weighted by molar-refractivity contribution is -0.385. The number of aromatic nitrogens is 1. The van der Waals surface area contributed by atoms with E-state index in [9.17, 15) is 14.5 Å². The number of para-hydroxylation sites is 1. The maximum Gasteiger partial charge on any atom is 0.311 e. The molecule has 0 bridgehead atoms. The minimum Gasteiger partial charge on any atom is -0.450 e. The summed E-state index contributed by atoms with van der Waals surface area (Å²) >= 11 is 0. The summed E-state index contributed by atoms with van der Waals surface area (Å²) in [5.41, 5.74) is 0.439. The molecule has 0 saturated carbocycles. The van der Waals surface area contributed by atoms with Crippen molar-refractivity contribution < 1.29 is 14.1 Å². The maximum absolute atomic E-state index is 12.9. The quantitative estimate of drug-likeness (QED) is 0.475. The third kappa shape index (κ3) is 2.42. The Bertz CT molecular complexity index is 602. The average Bonchev–Trinajstić information content (AvgIpc) is 2.31. The van der Waals surface area contributed by atoms with Crippen molar-refractivity contribution in [3.63, 3.8) is 0 Å². The molecule has 18 heavy (non-hydrogen) atoms. The minimum atomic E-state index is -0.705. The van der Waals surface area contributed by atoms with Crippen LogP contribution in [0.2, 0.25) is 0 Å². The van der Waals surface area contributed by atoms with Crippen LogP contribution in [0.5, 0.6) is 11.5 Å². The van der Waals surface area contributed by atoms with Gasteiger partial charge in [0.1, 0.15) is 5.75 Å². The van der Waals surface area contributed by atoms with Crippen molar-refractivity contribution in [3.8, 4) is 11.5 Å². The molecule has 0 atom stereocenters. The van der Waals surface area contributed by atoms with Gasteiger partial charge < -0.3 is 4.74 Å². The van der Waals surface area contributed by atoms with Gasteiger partial charge in [0, 0.05) is 18.3 Å². The molecular formula is C12H9FN2O3. The van der Waals surface area contributed by atoms with Crippen LogP contribution in [-0.4, -0.2) is 9.91 Å². The molecule has 0 spiro atoms. The first-order valence-electron chi connectivity index (χ1n) is 5.11. The summed E-state index contributed by atoms with van der Waals surface area (Å²) in [7, 11) is 0. The molecule has 0 fully saturated rings.